The van der Waals surface area contributed by atoms with Crippen molar-refractivity contribution in [1.29, 1.82) is 0 Å². The lowest BCUT2D eigenvalue weighted by molar-refractivity contribution is -0.0213. The van der Waals surface area contributed by atoms with E-state index in [0.717, 1.165) is 61.3 Å². The molecule has 2 fully saturated rings. The number of fused-ring (bicyclic) bond motifs is 1. The number of aromatic nitrogens is 4. The third-order valence-corrected chi connectivity index (χ3v) is 8.60. The summed E-state index contributed by atoms with van der Waals surface area (Å²) < 4.78 is 13.6. The lowest BCUT2D eigenvalue weighted by atomic mass is 10.1. The van der Waals surface area contributed by atoms with Gasteiger partial charge in [0.05, 0.1) is 36.5 Å². The molecular formula is C21H35N5O5P2. The Labute approximate surface area is 197 Å². The van der Waals surface area contributed by atoms with E-state index in [9.17, 15) is 9.79 Å². The molecule has 0 saturated carbocycles. The fourth-order valence-electron chi connectivity index (χ4n) is 4.04. The van der Waals surface area contributed by atoms with Crippen LogP contribution >= 0.6 is 16.5 Å². The minimum absolute atomic E-state index is 0.0952. The summed E-state index contributed by atoms with van der Waals surface area (Å²) in [6.07, 6.45) is 8.41. The second-order valence-corrected chi connectivity index (χ2v) is 11.5. The molecule has 2 aromatic rings. The number of aliphatic hydroxyl groups is 1. The van der Waals surface area contributed by atoms with E-state index in [2.05, 4.69) is 23.5 Å². The number of anilines is 1. The van der Waals surface area contributed by atoms with Gasteiger partial charge in [-0.3, -0.25) is 0 Å². The lowest BCUT2D eigenvalue weighted by Crippen LogP contribution is -2.30. The van der Waals surface area contributed by atoms with Gasteiger partial charge < -0.3 is 29.1 Å². The average Bonchev–Trinajstić information content (AvgIpc) is 3.44. The van der Waals surface area contributed by atoms with Crippen LogP contribution in [0.4, 0.5) is 5.82 Å². The van der Waals surface area contributed by atoms with Gasteiger partial charge in [-0.2, -0.15) is 5.10 Å². The van der Waals surface area contributed by atoms with Crippen molar-refractivity contribution in [3.8, 4) is 0 Å². The van der Waals surface area contributed by atoms with Crippen LogP contribution in [0, 0.1) is 0 Å². The maximum atomic E-state index is 9.89. The fourth-order valence-corrected chi connectivity index (χ4v) is 6.11. The summed E-state index contributed by atoms with van der Waals surface area (Å²) in [5.74, 6) is 2.14. The Kier molecular flexibility index (Phi) is 10.2. The summed E-state index contributed by atoms with van der Waals surface area (Å²) in [4.78, 5) is 31.3. The van der Waals surface area contributed by atoms with E-state index in [4.69, 9.17) is 24.3 Å². The van der Waals surface area contributed by atoms with Crippen molar-refractivity contribution in [1.82, 2.24) is 19.7 Å². The third kappa shape index (κ3) is 7.04. The fraction of sp³-hybridized carbons (Fsp3) is 0.667. The van der Waals surface area contributed by atoms with Gasteiger partial charge in [0.25, 0.3) is 0 Å². The van der Waals surface area contributed by atoms with Gasteiger partial charge in [0.2, 0.25) is 0 Å². The molecule has 0 bridgehead atoms. The molecule has 10 nitrogen and oxygen atoms in total. The van der Waals surface area contributed by atoms with E-state index >= 15 is 0 Å². The highest BCUT2D eigenvalue weighted by Gasteiger charge is 2.30. The number of nitrogens with zero attached hydrogens (tertiary/aromatic N) is 5. The molecule has 184 valence electrons. The first kappa shape index (κ1) is 26.2. The van der Waals surface area contributed by atoms with Crippen molar-refractivity contribution >= 4 is 33.4 Å². The molecule has 3 N–H and O–H groups in total. The number of rotatable bonds is 8. The predicted molar refractivity (Wildman–Crippen MR) is 132 cm³/mol. The van der Waals surface area contributed by atoms with Crippen molar-refractivity contribution in [2.24, 2.45) is 0 Å². The van der Waals surface area contributed by atoms with Gasteiger partial charge in [0.1, 0.15) is 11.6 Å². The normalized spacial score (nSPS) is 22.6. The van der Waals surface area contributed by atoms with E-state index in [1.165, 1.54) is 19.3 Å². The molecule has 33 heavy (non-hydrogen) atoms. The monoisotopic (exact) mass is 499 g/mol. The molecule has 0 aromatic carbocycles. The molecule has 0 aliphatic carbocycles. The smallest absolute Gasteiger partial charge is 0.174 e. The van der Waals surface area contributed by atoms with E-state index < -0.39 is 16.5 Å². The SMILES string of the molecule is C=CO.CCc1nc(N2CCCCC2)c2cnn(C3CCC(COP(O)CP(C)O)O3)c2n1. The molecule has 2 saturated heterocycles. The minimum atomic E-state index is -1.59. The Balaban J connectivity index is 0.000000968. The molecule has 2 aromatic heterocycles. The zero-order chi connectivity index (χ0) is 23.8. The average molecular weight is 499 g/mol. The van der Waals surface area contributed by atoms with Crippen molar-refractivity contribution in [3.05, 3.63) is 24.9 Å². The highest BCUT2D eigenvalue weighted by molar-refractivity contribution is 7.66. The second kappa shape index (κ2) is 12.9. The van der Waals surface area contributed by atoms with Gasteiger partial charge in [0.15, 0.2) is 20.3 Å². The van der Waals surface area contributed by atoms with Gasteiger partial charge in [-0.25, -0.2) is 14.6 Å². The Bertz CT molecular complexity index is 893. The number of aryl methyl sites for hydroxylation is 1. The van der Waals surface area contributed by atoms with Crippen LogP contribution in [0.5, 0.6) is 0 Å². The number of hydrogen-bond donors (Lipinski definition) is 3. The van der Waals surface area contributed by atoms with Gasteiger partial charge in [-0.05, 0) is 38.8 Å². The van der Waals surface area contributed by atoms with Crippen LogP contribution in [0.25, 0.3) is 11.0 Å². The Morgan fingerprint density at radius 3 is 2.64 bits per heavy atom. The topological polar surface area (TPSA) is 126 Å². The largest absolute Gasteiger partial charge is 0.516 e. The molecule has 4 atom stereocenters. The minimum Gasteiger partial charge on any atom is -0.516 e. The molecule has 12 heteroatoms. The summed E-state index contributed by atoms with van der Waals surface area (Å²) in [6, 6.07) is 0. The number of piperidine rings is 1. The Morgan fingerprint density at radius 1 is 1.24 bits per heavy atom. The second-order valence-electron chi connectivity index (χ2n) is 8.11. The molecule has 0 radical (unpaired) electrons. The van der Waals surface area contributed by atoms with Gasteiger partial charge >= 0.3 is 0 Å². The lowest BCUT2D eigenvalue weighted by Gasteiger charge is -2.28. The summed E-state index contributed by atoms with van der Waals surface area (Å²) in [6.45, 7) is 9.08. The molecular weight excluding hydrogens is 464 g/mol. The number of hydrogen-bond acceptors (Lipinski definition) is 9. The summed E-state index contributed by atoms with van der Waals surface area (Å²) >= 11 is 0. The van der Waals surface area contributed by atoms with E-state index in [1.807, 2.05) is 10.9 Å². The first-order chi connectivity index (χ1) is 16.0. The highest BCUT2D eigenvalue weighted by Crippen LogP contribution is 2.45. The van der Waals surface area contributed by atoms with Gasteiger partial charge in [0, 0.05) is 27.7 Å². The number of aliphatic hydroxyl groups excluding tert-OH is 1. The van der Waals surface area contributed by atoms with Crippen molar-refractivity contribution in [3.63, 3.8) is 0 Å². The van der Waals surface area contributed by atoms with Crippen molar-refractivity contribution in [2.75, 3.05) is 37.2 Å². The highest BCUT2D eigenvalue weighted by atomic mass is 31.2. The zero-order valence-electron chi connectivity index (χ0n) is 19.4. The summed E-state index contributed by atoms with van der Waals surface area (Å²) in [7, 11) is -2.75. The first-order valence-corrected chi connectivity index (χ1v) is 14.7. The maximum Gasteiger partial charge on any atom is 0.174 e. The molecule has 2 aliphatic rings. The summed E-state index contributed by atoms with van der Waals surface area (Å²) in [5.41, 5.74) is 0.829. The quantitative estimate of drug-likeness (QED) is 0.364. The van der Waals surface area contributed by atoms with Crippen LogP contribution in [0.3, 0.4) is 0 Å². The first-order valence-electron chi connectivity index (χ1n) is 11.4. The molecule has 0 spiro atoms. The van der Waals surface area contributed by atoms with Crippen LogP contribution in [-0.4, -0.2) is 73.0 Å². The standard InChI is InChI=1S/C19H31N5O4P2.C2H4O/c1-3-16-21-18(23-9-5-4-6-10-23)15-11-20-24(19(15)22-16)17-8-7-14(28-17)12-27-30(26)13-29(2)25;1-2-3/h11,14,17,25-26H,3-10,12-13H2,1-2H3;2-3H,1H2. The van der Waals surface area contributed by atoms with E-state index in [0.29, 0.717) is 12.5 Å². The molecule has 0 amide bonds. The van der Waals surface area contributed by atoms with Crippen LogP contribution in [0.2, 0.25) is 0 Å². The van der Waals surface area contributed by atoms with E-state index in [-0.39, 0.29) is 12.3 Å². The Morgan fingerprint density at radius 2 is 1.97 bits per heavy atom. The van der Waals surface area contributed by atoms with Gasteiger partial charge in [-0.15, -0.1) is 0 Å². The predicted octanol–water partition coefficient (Wildman–Crippen LogP) is 4.04. The van der Waals surface area contributed by atoms with Crippen molar-refractivity contribution < 1.29 is 24.2 Å². The van der Waals surface area contributed by atoms with Gasteiger partial charge in [-0.1, -0.05) is 13.5 Å². The van der Waals surface area contributed by atoms with Crippen LogP contribution in [-0.2, 0) is 15.7 Å². The zero-order valence-corrected chi connectivity index (χ0v) is 21.2. The molecule has 2 aliphatic heterocycles. The molecule has 4 unspecified atom stereocenters. The third-order valence-electron chi connectivity index (χ3n) is 5.54. The number of ether oxygens (including phenoxy) is 1. The maximum absolute atomic E-state index is 9.89. The molecule has 4 heterocycles. The van der Waals surface area contributed by atoms with Crippen molar-refractivity contribution in [2.45, 2.75) is 57.8 Å². The van der Waals surface area contributed by atoms with Crippen LogP contribution < -0.4 is 4.90 Å². The molecule has 4 rings (SSSR count). The van der Waals surface area contributed by atoms with Crippen LogP contribution in [0.15, 0.2) is 19.0 Å². The van der Waals surface area contributed by atoms with E-state index in [1.54, 1.807) is 6.66 Å². The van der Waals surface area contributed by atoms with Crippen LogP contribution in [0.1, 0.15) is 51.1 Å². The Hall–Kier alpha value is -1.41. The summed E-state index contributed by atoms with van der Waals surface area (Å²) in [5, 5.41) is 12.9.